The zero-order valence-corrected chi connectivity index (χ0v) is 14.6. The molecule has 0 saturated carbocycles. The van der Waals surface area contributed by atoms with Crippen molar-refractivity contribution in [2.75, 3.05) is 13.2 Å². The fourth-order valence-electron chi connectivity index (χ4n) is 1.99. The highest BCUT2D eigenvalue weighted by atomic mass is 19.2. The molecule has 0 aromatic heterocycles. The molecule has 2 rings (SSSR count). The third kappa shape index (κ3) is 5.31. The van der Waals surface area contributed by atoms with Gasteiger partial charge in [0.2, 0.25) is 34.8 Å². The standard InChI is InChI=1S/C19H13F5O5/c1-2-12(25)28-9-3-8-27-11-6-4-10(5-7-11)19(26)29-18-16(23)14(21)13(20)15(22)17(18)24/h2,4-7H,1,3,8-9H2. The van der Waals surface area contributed by atoms with E-state index < -0.39 is 46.8 Å². The fourth-order valence-corrected chi connectivity index (χ4v) is 1.99. The van der Waals surface area contributed by atoms with Crippen molar-refractivity contribution in [3.05, 3.63) is 71.6 Å². The Morgan fingerprint density at radius 2 is 1.41 bits per heavy atom. The molecule has 0 radical (unpaired) electrons. The van der Waals surface area contributed by atoms with Crippen molar-refractivity contribution >= 4 is 11.9 Å². The molecule has 0 saturated heterocycles. The summed E-state index contributed by atoms with van der Waals surface area (Å²) in [5.41, 5.74) is -0.221. The van der Waals surface area contributed by atoms with Gasteiger partial charge < -0.3 is 14.2 Å². The highest BCUT2D eigenvalue weighted by Gasteiger charge is 2.28. The van der Waals surface area contributed by atoms with Gasteiger partial charge in [0.1, 0.15) is 5.75 Å². The number of carbonyl (C=O) groups is 2. The Morgan fingerprint density at radius 3 is 1.97 bits per heavy atom. The number of hydrogen-bond donors (Lipinski definition) is 0. The summed E-state index contributed by atoms with van der Waals surface area (Å²) in [6.45, 7) is 3.53. The second-order valence-corrected chi connectivity index (χ2v) is 5.39. The zero-order valence-electron chi connectivity index (χ0n) is 14.6. The topological polar surface area (TPSA) is 61.8 Å². The first kappa shape index (κ1) is 21.9. The van der Waals surface area contributed by atoms with Gasteiger partial charge in [0.25, 0.3) is 0 Å². The average Bonchev–Trinajstić information content (AvgIpc) is 2.73. The van der Waals surface area contributed by atoms with Gasteiger partial charge in [-0.2, -0.15) is 8.78 Å². The second-order valence-electron chi connectivity index (χ2n) is 5.39. The van der Waals surface area contributed by atoms with E-state index in [1.54, 1.807) is 0 Å². The van der Waals surface area contributed by atoms with E-state index in [9.17, 15) is 31.5 Å². The number of ether oxygens (including phenoxy) is 3. The van der Waals surface area contributed by atoms with Crippen LogP contribution in [0.15, 0.2) is 36.9 Å². The average molecular weight is 416 g/mol. The summed E-state index contributed by atoms with van der Waals surface area (Å²) < 4.78 is 80.8. The minimum Gasteiger partial charge on any atom is -0.493 e. The van der Waals surface area contributed by atoms with E-state index in [-0.39, 0.29) is 18.8 Å². The molecule has 0 fully saturated rings. The van der Waals surface area contributed by atoms with E-state index in [4.69, 9.17) is 9.47 Å². The number of rotatable bonds is 8. The molecule has 5 nitrogen and oxygen atoms in total. The van der Waals surface area contributed by atoms with Crippen molar-refractivity contribution in [3.63, 3.8) is 0 Å². The fraction of sp³-hybridized carbons (Fsp3) is 0.158. The molecule has 0 atom stereocenters. The molecule has 2 aromatic rings. The molecular formula is C19H13F5O5. The lowest BCUT2D eigenvalue weighted by molar-refractivity contribution is -0.137. The van der Waals surface area contributed by atoms with Gasteiger partial charge in [0.05, 0.1) is 18.8 Å². The van der Waals surface area contributed by atoms with Gasteiger partial charge in [-0.3, -0.25) is 0 Å². The first-order chi connectivity index (χ1) is 13.8. The minimum atomic E-state index is -2.36. The second kappa shape index (κ2) is 9.67. The van der Waals surface area contributed by atoms with Crippen LogP contribution in [0.25, 0.3) is 0 Å². The molecule has 29 heavy (non-hydrogen) atoms. The maximum atomic E-state index is 13.6. The lowest BCUT2D eigenvalue weighted by Crippen LogP contribution is -2.13. The normalized spacial score (nSPS) is 10.4. The maximum Gasteiger partial charge on any atom is 0.343 e. The summed E-state index contributed by atoms with van der Waals surface area (Å²) in [5.74, 6) is -14.6. The van der Waals surface area contributed by atoms with Crippen molar-refractivity contribution in [3.8, 4) is 11.5 Å². The summed E-state index contributed by atoms with van der Waals surface area (Å²) in [6.07, 6.45) is 1.40. The smallest absolute Gasteiger partial charge is 0.343 e. The molecule has 0 spiro atoms. The molecule has 0 aliphatic heterocycles. The molecule has 10 heteroatoms. The number of esters is 2. The first-order valence-corrected chi connectivity index (χ1v) is 8.02. The van der Waals surface area contributed by atoms with Gasteiger partial charge in [-0.05, 0) is 24.3 Å². The summed E-state index contributed by atoms with van der Waals surface area (Å²) >= 11 is 0. The first-order valence-electron chi connectivity index (χ1n) is 8.02. The number of benzene rings is 2. The van der Waals surface area contributed by atoms with Crippen LogP contribution in [0.4, 0.5) is 22.0 Å². The zero-order chi connectivity index (χ0) is 21.6. The molecule has 2 aromatic carbocycles. The van der Waals surface area contributed by atoms with Crippen LogP contribution >= 0.6 is 0 Å². The van der Waals surface area contributed by atoms with E-state index in [2.05, 4.69) is 11.3 Å². The largest absolute Gasteiger partial charge is 0.493 e. The molecule has 0 heterocycles. The Hall–Kier alpha value is -3.43. The van der Waals surface area contributed by atoms with Crippen molar-refractivity contribution < 1.29 is 45.8 Å². The van der Waals surface area contributed by atoms with Gasteiger partial charge in [0, 0.05) is 12.5 Å². The van der Waals surface area contributed by atoms with Gasteiger partial charge in [0.15, 0.2) is 0 Å². The number of carbonyl (C=O) groups excluding carboxylic acids is 2. The molecule has 0 amide bonds. The van der Waals surface area contributed by atoms with Crippen molar-refractivity contribution in [2.45, 2.75) is 6.42 Å². The van der Waals surface area contributed by atoms with Gasteiger partial charge in [-0.1, -0.05) is 6.58 Å². The van der Waals surface area contributed by atoms with Crippen LogP contribution in [-0.4, -0.2) is 25.2 Å². The molecule has 0 bridgehead atoms. The third-order valence-electron chi connectivity index (χ3n) is 3.42. The van der Waals surface area contributed by atoms with Gasteiger partial charge in [-0.15, -0.1) is 0 Å². The van der Waals surface area contributed by atoms with E-state index in [0.717, 1.165) is 6.08 Å². The molecule has 154 valence electrons. The quantitative estimate of drug-likeness (QED) is 0.123. The van der Waals surface area contributed by atoms with Crippen LogP contribution in [0.5, 0.6) is 11.5 Å². The van der Waals surface area contributed by atoms with Crippen LogP contribution in [0.2, 0.25) is 0 Å². The molecule has 0 aliphatic carbocycles. The molecule has 0 N–H and O–H groups in total. The van der Waals surface area contributed by atoms with Crippen LogP contribution in [0.3, 0.4) is 0 Å². The highest BCUT2D eigenvalue weighted by Crippen LogP contribution is 2.29. The summed E-state index contributed by atoms with van der Waals surface area (Å²) in [4.78, 5) is 22.8. The van der Waals surface area contributed by atoms with E-state index in [0.29, 0.717) is 12.2 Å². The maximum absolute atomic E-state index is 13.6. The minimum absolute atomic E-state index is 0.108. The van der Waals surface area contributed by atoms with Crippen LogP contribution in [0.1, 0.15) is 16.8 Å². The predicted octanol–water partition coefficient (Wildman–Crippen LogP) is 4.10. The third-order valence-corrected chi connectivity index (χ3v) is 3.42. The van der Waals surface area contributed by atoms with Gasteiger partial charge >= 0.3 is 11.9 Å². The van der Waals surface area contributed by atoms with Crippen LogP contribution in [0, 0.1) is 29.1 Å². The Labute approximate surface area is 161 Å². The van der Waals surface area contributed by atoms with E-state index in [1.165, 1.54) is 24.3 Å². The Kier molecular flexibility index (Phi) is 7.29. The molecular weight excluding hydrogens is 403 g/mol. The lowest BCUT2D eigenvalue weighted by Gasteiger charge is -2.10. The summed E-state index contributed by atoms with van der Waals surface area (Å²) in [7, 11) is 0. The van der Waals surface area contributed by atoms with Gasteiger partial charge in [-0.25, -0.2) is 22.8 Å². The Balaban J connectivity index is 1.98. The lowest BCUT2D eigenvalue weighted by atomic mass is 10.2. The Morgan fingerprint density at radius 1 is 0.862 bits per heavy atom. The molecule has 0 aliphatic rings. The van der Waals surface area contributed by atoms with E-state index in [1.807, 2.05) is 0 Å². The van der Waals surface area contributed by atoms with E-state index >= 15 is 0 Å². The summed E-state index contributed by atoms with van der Waals surface area (Å²) in [6, 6.07) is 4.98. The monoisotopic (exact) mass is 416 g/mol. The number of hydrogen-bond acceptors (Lipinski definition) is 5. The SMILES string of the molecule is C=CC(=O)OCCCOc1ccc(C(=O)Oc2c(F)c(F)c(F)c(F)c2F)cc1. The van der Waals surface area contributed by atoms with Crippen molar-refractivity contribution in [1.82, 2.24) is 0 Å². The van der Waals surface area contributed by atoms with Crippen LogP contribution in [-0.2, 0) is 9.53 Å². The van der Waals surface area contributed by atoms with Crippen molar-refractivity contribution in [2.24, 2.45) is 0 Å². The summed E-state index contributed by atoms with van der Waals surface area (Å²) in [5, 5.41) is 0. The van der Waals surface area contributed by atoms with Crippen molar-refractivity contribution in [1.29, 1.82) is 0 Å². The Bertz CT molecular complexity index is 899. The van der Waals surface area contributed by atoms with Crippen LogP contribution < -0.4 is 9.47 Å². The number of halogens is 5. The predicted molar refractivity (Wildman–Crippen MR) is 88.9 cm³/mol. The molecule has 0 unspecified atom stereocenters. The highest BCUT2D eigenvalue weighted by molar-refractivity contribution is 5.91.